The Morgan fingerprint density at radius 3 is 2.61 bits per heavy atom. The van der Waals surface area contributed by atoms with Gasteiger partial charge in [-0.1, -0.05) is 41.4 Å². The van der Waals surface area contributed by atoms with Gasteiger partial charge in [-0.2, -0.15) is 0 Å². The molecule has 0 radical (unpaired) electrons. The number of nitrogens with zero attached hydrogens (tertiary/aromatic N) is 1. The van der Waals surface area contributed by atoms with Gasteiger partial charge >= 0.3 is 0 Å². The smallest absolute Gasteiger partial charge is 0.178 e. The molecule has 23 heavy (non-hydrogen) atoms. The van der Waals surface area contributed by atoms with Crippen LogP contribution >= 0.6 is 23.2 Å². The van der Waals surface area contributed by atoms with E-state index in [0.717, 1.165) is 16.4 Å². The first kappa shape index (κ1) is 16.1. The van der Waals surface area contributed by atoms with Crippen molar-refractivity contribution in [1.82, 2.24) is 9.97 Å². The molecule has 0 amide bonds. The SMILES string of the molecule is O=S(=O)(/C=C/c1ccc(Cl)c(Cl)c1)Cc1nc2ccccc2[nH]1. The fraction of sp³-hybridized carbons (Fsp3) is 0.0625. The van der Waals surface area contributed by atoms with Crippen LogP contribution in [0.3, 0.4) is 0 Å². The number of hydrogen-bond acceptors (Lipinski definition) is 3. The Bertz CT molecular complexity index is 961. The molecule has 0 saturated heterocycles. The van der Waals surface area contributed by atoms with E-state index >= 15 is 0 Å². The zero-order valence-electron chi connectivity index (χ0n) is 11.8. The maximum absolute atomic E-state index is 12.2. The normalized spacial score (nSPS) is 12.3. The van der Waals surface area contributed by atoms with Crippen molar-refractivity contribution in [1.29, 1.82) is 0 Å². The molecule has 1 aromatic heterocycles. The Kier molecular flexibility index (Phi) is 4.43. The van der Waals surface area contributed by atoms with Crippen molar-refractivity contribution >= 4 is 50.1 Å². The second-order valence-corrected chi connectivity index (χ2v) is 7.69. The first-order chi connectivity index (χ1) is 10.9. The molecule has 0 atom stereocenters. The number of aromatic amines is 1. The highest BCUT2D eigenvalue weighted by molar-refractivity contribution is 7.93. The molecule has 0 unspecified atom stereocenters. The van der Waals surface area contributed by atoms with Gasteiger partial charge in [-0.05, 0) is 35.9 Å². The number of rotatable bonds is 4. The summed E-state index contributed by atoms with van der Waals surface area (Å²) in [6.45, 7) is 0. The Morgan fingerprint density at radius 2 is 1.87 bits per heavy atom. The second kappa shape index (κ2) is 6.35. The third kappa shape index (κ3) is 3.93. The average molecular weight is 367 g/mol. The predicted molar refractivity (Wildman–Crippen MR) is 94.2 cm³/mol. The Morgan fingerprint density at radius 1 is 1.09 bits per heavy atom. The summed E-state index contributed by atoms with van der Waals surface area (Å²) in [6, 6.07) is 12.3. The van der Waals surface area contributed by atoms with E-state index in [-0.39, 0.29) is 5.75 Å². The van der Waals surface area contributed by atoms with E-state index in [1.807, 2.05) is 24.3 Å². The number of fused-ring (bicyclic) bond motifs is 1. The Balaban J connectivity index is 1.80. The summed E-state index contributed by atoms with van der Waals surface area (Å²) in [7, 11) is -3.45. The van der Waals surface area contributed by atoms with Crippen molar-refractivity contribution in [3.8, 4) is 0 Å². The standard InChI is InChI=1S/C16H12Cl2N2O2S/c17-12-6-5-11(9-13(12)18)7-8-23(21,22)10-16-19-14-3-1-2-4-15(14)20-16/h1-9H,10H2,(H,19,20)/b8-7+. The highest BCUT2D eigenvalue weighted by atomic mass is 35.5. The molecule has 0 saturated carbocycles. The van der Waals surface area contributed by atoms with Crippen LogP contribution in [-0.4, -0.2) is 18.4 Å². The second-order valence-electron chi connectivity index (χ2n) is 4.98. The van der Waals surface area contributed by atoms with Gasteiger partial charge in [0, 0.05) is 5.41 Å². The van der Waals surface area contributed by atoms with Crippen LogP contribution in [0.15, 0.2) is 47.9 Å². The number of para-hydroxylation sites is 2. The predicted octanol–water partition coefficient (Wildman–Crippen LogP) is 4.46. The van der Waals surface area contributed by atoms with Crippen molar-refractivity contribution in [2.75, 3.05) is 0 Å². The van der Waals surface area contributed by atoms with Gasteiger partial charge in [0.25, 0.3) is 0 Å². The molecule has 0 bridgehead atoms. The van der Waals surface area contributed by atoms with Crippen LogP contribution in [0.2, 0.25) is 10.0 Å². The summed E-state index contributed by atoms with van der Waals surface area (Å²) < 4.78 is 24.4. The van der Waals surface area contributed by atoms with Crippen LogP contribution in [0.1, 0.15) is 11.4 Å². The summed E-state index contributed by atoms with van der Waals surface area (Å²) in [5, 5.41) is 1.96. The molecule has 1 N–H and O–H groups in total. The summed E-state index contributed by atoms with van der Waals surface area (Å²) in [6.07, 6.45) is 1.49. The highest BCUT2D eigenvalue weighted by Gasteiger charge is 2.12. The lowest BCUT2D eigenvalue weighted by Crippen LogP contribution is -2.01. The van der Waals surface area contributed by atoms with Gasteiger partial charge in [-0.15, -0.1) is 0 Å². The van der Waals surface area contributed by atoms with E-state index in [9.17, 15) is 8.42 Å². The first-order valence-electron chi connectivity index (χ1n) is 6.72. The summed E-state index contributed by atoms with van der Waals surface area (Å²) in [5.74, 6) is 0.212. The highest BCUT2D eigenvalue weighted by Crippen LogP contribution is 2.23. The number of nitrogens with one attached hydrogen (secondary N) is 1. The molecular weight excluding hydrogens is 355 g/mol. The minimum atomic E-state index is -3.45. The fourth-order valence-electron chi connectivity index (χ4n) is 2.11. The van der Waals surface area contributed by atoms with Gasteiger partial charge in [-0.25, -0.2) is 13.4 Å². The molecule has 0 aliphatic heterocycles. The zero-order chi connectivity index (χ0) is 16.4. The van der Waals surface area contributed by atoms with E-state index in [4.69, 9.17) is 23.2 Å². The quantitative estimate of drug-likeness (QED) is 0.741. The van der Waals surface area contributed by atoms with E-state index in [0.29, 0.717) is 21.4 Å². The molecule has 3 rings (SSSR count). The molecule has 4 nitrogen and oxygen atoms in total. The van der Waals surface area contributed by atoms with Crippen LogP contribution < -0.4 is 0 Å². The lowest BCUT2D eigenvalue weighted by Gasteiger charge is -1.98. The number of hydrogen-bond donors (Lipinski definition) is 1. The molecule has 1 heterocycles. The number of imidazole rings is 1. The third-order valence-electron chi connectivity index (χ3n) is 3.19. The molecule has 2 aromatic carbocycles. The minimum absolute atomic E-state index is 0.195. The number of benzene rings is 2. The lowest BCUT2D eigenvalue weighted by atomic mass is 10.2. The molecule has 7 heteroatoms. The van der Waals surface area contributed by atoms with Crippen molar-refractivity contribution in [3.05, 3.63) is 69.3 Å². The van der Waals surface area contributed by atoms with Gasteiger partial charge in [0.15, 0.2) is 9.84 Å². The van der Waals surface area contributed by atoms with Gasteiger partial charge in [0.1, 0.15) is 11.6 Å². The Hall–Kier alpha value is -1.82. The molecule has 0 aliphatic carbocycles. The number of halogens is 2. The van der Waals surface area contributed by atoms with E-state index in [1.165, 1.54) is 6.08 Å². The van der Waals surface area contributed by atoms with E-state index in [2.05, 4.69) is 9.97 Å². The number of aromatic nitrogens is 2. The maximum atomic E-state index is 12.2. The minimum Gasteiger partial charge on any atom is -0.341 e. The van der Waals surface area contributed by atoms with Crippen LogP contribution in [0.5, 0.6) is 0 Å². The zero-order valence-corrected chi connectivity index (χ0v) is 14.2. The van der Waals surface area contributed by atoms with E-state index < -0.39 is 9.84 Å². The van der Waals surface area contributed by atoms with Crippen LogP contribution in [-0.2, 0) is 15.6 Å². The maximum Gasteiger partial charge on any atom is 0.178 e. The van der Waals surface area contributed by atoms with Gasteiger partial charge in [0.2, 0.25) is 0 Å². The summed E-state index contributed by atoms with van der Waals surface area (Å²) in [4.78, 5) is 7.28. The monoisotopic (exact) mass is 366 g/mol. The van der Waals surface area contributed by atoms with Crippen molar-refractivity contribution in [3.63, 3.8) is 0 Å². The number of sulfone groups is 1. The lowest BCUT2D eigenvalue weighted by molar-refractivity contribution is 0.603. The van der Waals surface area contributed by atoms with Crippen molar-refractivity contribution in [2.24, 2.45) is 0 Å². The molecule has 118 valence electrons. The third-order valence-corrected chi connectivity index (χ3v) is 5.15. The topological polar surface area (TPSA) is 62.8 Å². The van der Waals surface area contributed by atoms with Gasteiger partial charge in [-0.3, -0.25) is 0 Å². The number of H-pyrrole nitrogens is 1. The van der Waals surface area contributed by atoms with Crippen LogP contribution in [0, 0.1) is 0 Å². The van der Waals surface area contributed by atoms with Gasteiger partial charge < -0.3 is 4.98 Å². The average Bonchev–Trinajstić information content (AvgIpc) is 2.90. The van der Waals surface area contributed by atoms with E-state index in [1.54, 1.807) is 18.2 Å². The van der Waals surface area contributed by atoms with Crippen LogP contribution in [0.25, 0.3) is 17.1 Å². The van der Waals surface area contributed by atoms with Crippen molar-refractivity contribution < 1.29 is 8.42 Å². The molecular formula is C16H12Cl2N2O2S. The largest absolute Gasteiger partial charge is 0.341 e. The summed E-state index contributed by atoms with van der Waals surface area (Å²) >= 11 is 11.7. The molecule has 0 fully saturated rings. The van der Waals surface area contributed by atoms with Gasteiger partial charge in [0.05, 0.1) is 21.1 Å². The summed E-state index contributed by atoms with van der Waals surface area (Å²) in [5.41, 5.74) is 2.21. The van der Waals surface area contributed by atoms with Crippen LogP contribution in [0.4, 0.5) is 0 Å². The molecule has 0 aliphatic rings. The van der Waals surface area contributed by atoms with Crippen molar-refractivity contribution in [2.45, 2.75) is 5.75 Å². The molecule has 3 aromatic rings. The Labute approximate surface area is 143 Å². The molecule has 0 spiro atoms. The first-order valence-corrected chi connectivity index (χ1v) is 9.20. The fourth-order valence-corrected chi connectivity index (χ4v) is 3.40.